The number of rotatable bonds is 3. The second-order valence-corrected chi connectivity index (χ2v) is 7.41. The number of thiophene rings is 1. The van der Waals surface area contributed by atoms with E-state index in [2.05, 4.69) is 19.1 Å². The zero-order valence-corrected chi connectivity index (χ0v) is 13.7. The molecule has 3 rings (SSSR count). The van der Waals surface area contributed by atoms with Gasteiger partial charge in [0.2, 0.25) is 0 Å². The second-order valence-electron chi connectivity index (χ2n) is 4.90. The molecule has 1 saturated heterocycles. The van der Waals surface area contributed by atoms with Gasteiger partial charge in [-0.1, -0.05) is 0 Å². The van der Waals surface area contributed by atoms with Crippen molar-refractivity contribution in [3.8, 4) is 5.75 Å². The summed E-state index contributed by atoms with van der Waals surface area (Å²) in [5, 5.41) is 0.151. The Kier molecular flexibility index (Phi) is 4.22. The molecular weight excluding hydrogens is 302 g/mol. The predicted molar refractivity (Wildman–Crippen MR) is 88.3 cm³/mol. The highest BCUT2D eigenvalue weighted by Gasteiger charge is 2.32. The monoisotopic (exact) mass is 319 g/mol. The molecule has 0 spiro atoms. The van der Waals surface area contributed by atoms with E-state index in [9.17, 15) is 4.79 Å². The van der Waals surface area contributed by atoms with Crippen molar-refractivity contribution in [1.29, 1.82) is 0 Å². The first-order chi connectivity index (χ1) is 10.2. The lowest BCUT2D eigenvalue weighted by Gasteiger charge is -2.23. The molecule has 2 aromatic rings. The maximum atomic E-state index is 12.7. The van der Waals surface area contributed by atoms with Crippen molar-refractivity contribution in [2.45, 2.75) is 12.3 Å². The fourth-order valence-electron chi connectivity index (χ4n) is 2.40. The van der Waals surface area contributed by atoms with Crippen molar-refractivity contribution in [2.75, 3.05) is 19.4 Å². The van der Waals surface area contributed by atoms with E-state index in [-0.39, 0.29) is 11.3 Å². The van der Waals surface area contributed by atoms with E-state index in [1.165, 1.54) is 9.75 Å². The number of hydrogen-bond donors (Lipinski definition) is 0. The molecule has 0 N–H and O–H groups in total. The van der Waals surface area contributed by atoms with Crippen LogP contribution in [0.25, 0.3) is 0 Å². The third-order valence-corrected chi connectivity index (χ3v) is 5.94. The van der Waals surface area contributed by atoms with E-state index in [1.54, 1.807) is 18.4 Å². The van der Waals surface area contributed by atoms with Crippen molar-refractivity contribution in [2.24, 2.45) is 0 Å². The number of methoxy groups -OCH3 is 1. The molecule has 0 bridgehead atoms. The summed E-state index contributed by atoms with van der Waals surface area (Å²) in [6.45, 7) is 2.90. The van der Waals surface area contributed by atoms with Crippen molar-refractivity contribution >= 4 is 29.0 Å². The number of carbonyl (C=O) groups excluding carboxylic acids is 1. The van der Waals surface area contributed by atoms with E-state index in [4.69, 9.17) is 4.74 Å². The largest absolute Gasteiger partial charge is 0.497 e. The van der Waals surface area contributed by atoms with Crippen LogP contribution in [0, 0.1) is 6.92 Å². The van der Waals surface area contributed by atoms with Crippen molar-refractivity contribution < 1.29 is 9.53 Å². The summed E-state index contributed by atoms with van der Waals surface area (Å²) in [6, 6.07) is 11.6. The fourth-order valence-corrected chi connectivity index (χ4v) is 4.77. The van der Waals surface area contributed by atoms with E-state index < -0.39 is 0 Å². The van der Waals surface area contributed by atoms with E-state index in [0.717, 1.165) is 23.6 Å². The minimum atomic E-state index is 0.0960. The molecule has 3 nitrogen and oxygen atoms in total. The lowest BCUT2D eigenvalue weighted by molar-refractivity contribution is 0.0762. The molecule has 1 aliphatic heterocycles. The Morgan fingerprint density at radius 1 is 1.24 bits per heavy atom. The molecule has 2 heterocycles. The van der Waals surface area contributed by atoms with Crippen LogP contribution in [-0.4, -0.2) is 30.2 Å². The molecule has 1 aromatic heterocycles. The topological polar surface area (TPSA) is 29.5 Å². The van der Waals surface area contributed by atoms with Crippen LogP contribution in [0.3, 0.4) is 0 Å². The third-order valence-electron chi connectivity index (χ3n) is 3.49. The van der Waals surface area contributed by atoms with E-state index in [0.29, 0.717) is 0 Å². The van der Waals surface area contributed by atoms with Gasteiger partial charge in [0.15, 0.2) is 0 Å². The Hall–Kier alpha value is -1.46. The Morgan fingerprint density at radius 3 is 2.62 bits per heavy atom. The lowest BCUT2D eigenvalue weighted by atomic mass is 10.2. The zero-order chi connectivity index (χ0) is 14.8. The molecule has 1 aromatic carbocycles. The Bertz CT molecular complexity index is 636. The van der Waals surface area contributed by atoms with Crippen molar-refractivity contribution in [3.63, 3.8) is 0 Å². The van der Waals surface area contributed by atoms with Gasteiger partial charge >= 0.3 is 0 Å². The van der Waals surface area contributed by atoms with Gasteiger partial charge in [0, 0.05) is 27.6 Å². The quantitative estimate of drug-likeness (QED) is 0.858. The number of nitrogens with zero attached hydrogens (tertiary/aromatic N) is 1. The first-order valence-electron chi connectivity index (χ1n) is 6.82. The minimum absolute atomic E-state index is 0.0960. The highest BCUT2D eigenvalue weighted by atomic mass is 32.2. The summed E-state index contributed by atoms with van der Waals surface area (Å²) in [5.74, 6) is 1.86. The summed E-state index contributed by atoms with van der Waals surface area (Å²) in [5.41, 5.74) is 0.719. The van der Waals surface area contributed by atoms with Crippen molar-refractivity contribution in [3.05, 3.63) is 51.7 Å². The summed E-state index contributed by atoms with van der Waals surface area (Å²) in [6.07, 6.45) is 0. The first-order valence-corrected chi connectivity index (χ1v) is 8.68. The fraction of sp³-hybridized carbons (Fsp3) is 0.312. The molecule has 0 saturated carbocycles. The maximum absolute atomic E-state index is 12.7. The van der Waals surface area contributed by atoms with Crippen LogP contribution in [0.15, 0.2) is 36.4 Å². The standard InChI is InChI=1S/C16H17NO2S2/c1-11-3-8-14(21-11)16-17(9-10-20-16)15(18)12-4-6-13(19-2)7-5-12/h3-8,16H,9-10H2,1-2H3. The predicted octanol–water partition coefficient (Wildman–Crippen LogP) is 3.95. The molecule has 0 radical (unpaired) electrons. The van der Waals surface area contributed by atoms with Gasteiger partial charge < -0.3 is 9.64 Å². The summed E-state index contributed by atoms with van der Waals surface area (Å²) in [7, 11) is 1.63. The number of hydrogen-bond acceptors (Lipinski definition) is 4. The molecule has 5 heteroatoms. The van der Waals surface area contributed by atoms with Crippen LogP contribution >= 0.6 is 23.1 Å². The van der Waals surface area contributed by atoms with Gasteiger partial charge in [-0.2, -0.15) is 0 Å². The number of ether oxygens (including phenoxy) is 1. The molecule has 1 unspecified atom stereocenters. The molecular formula is C16H17NO2S2. The Labute approximate surface area is 132 Å². The van der Waals surface area contributed by atoms with E-state index in [1.807, 2.05) is 40.9 Å². The number of amides is 1. The van der Waals surface area contributed by atoms with E-state index >= 15 is 0 Å². The molecule has 0 aliphatic carbocycles. The highest BCUT2D eigenvalue weighted by Crippen LogP contribution is 2.41. The van der Waals surface area contributed by atoms with Gasteiger partial charge in [0.25, 0.3) is 5.91 Å². The number of carbonyl (C=O) groups is 1. The van der Waals surface area contributed by atoms with Crippen LogP contribution in [0.4, 0.5) is 0 Å². The number of thioether (sulfide) groups is 1. The van der Waals surface area contributed by atoms with Gasteiger partial charge in [-0.15, -0.1) is 23.1 Å². The smallest absolute Gasteiger partial charge is 0.255 e. The van der Waals surface area contributed by atoms with Gasteiger partial charge in [-0.25, -0.2) is 0 Å². The van der Waals surface area contributed by atoms with Crippen molar-refractivity contribution in [1.82, 2.24) is 4.90 Å². The second kappa shape index (κ2) is 6.12. The molecule has 110 valence electrons. The maximum Gasteiger partial charge on any atom is 0.255 e. The molecule has 1 amide bonds. The third kappa shape index (κ3) is 2.94. The molecule has 1 atom stereocenters. The Morgan fingerprint density at radius 2 is 2.00 bits per heavy atom. The summed E-state index contributed by atoms with van der Waals surface area (Å²) in [4.78, 5) is 17.2. The number of benzene rings is 1. The van der Waals surface area contributed by atoms with Crippen LogP contribution < -0.4 is 4.74 Å². The van der Waals surface area contributed by atoms with Gasteiger partial charge in [0.05, 0.1) is 7.11 Å². The van der Waals surface area contributed by atoms with Gasteiger partial charge in [-0.3, -0.25) is 4.79 Å². The molecule has 21 heavy (non-hydrogen) atoms. The number of aryl methyl sites for hydroxylation is 1. The molecule has 1 aliphatic rings. The average Bonchev–Trinajstić information content (AvgIpc) is 3.15. The summed E-state index contributed by atoms with van der Waals surface area (Å²) < 4.78 is 5.14. The SMILES string of the molecule is COc1ccc(C(=O)N2CCSC2c2ccc(C)s2)cc1. The molecule has 1 fully saturated rings. The first kappa shape index (κ1) is 14.5. The van der Waals surface area contributed by atoms with Gasteiger partial charge in [0.1, 0.15) is 11.1 Å². The van der Waals surface area contributed by atoms with Crippen LogP contribution in [0.1, 0.15) is 25.5 Å². The summed E-state index contributed by atoms with van der Waals surface area (Å²) >= 11 is 3.61. The Balaban J connectivity index is 1.82. The highest BCUT2D eigenvalue weighted by molar-refractivity contribution is 7.99. The van der Waals surface area contributed by atoms with Crippen LogP contribution in [-0.2, 0) is 0 Å². The normalized spacial score (nSPS) is 18.0. The minimum Gasteiger partial charge on any atom is -0.497 e. The van der Waals surface area contributed by atoms with Crippen LogP contribution in [0.2, 0.25) is 0 Å². The lowest BCUT2D eigenvalue weighted by Crippen LogP contribution is -2.30. The van der Waals surface area contributed by atoms with Gasteiger partial charge in [-0.05, 0) is 43.3 Å². The van der Waals surface area contributed by atoms with Crippen LogP contribution in [0.5, 0.6) is 5.75 Å². The average molecular weight is 319 g/mol. The zero-order valence-electron chi connectivity index (χ0n) is 12.0.